The first-order valence-corrected chi connectivity index (χ1v) is 4.27. The summed E-state index contributed by atoms with van der Waals surface area (Å²) >= 11 is 9.57. The number of hydrogen-bond acceptors (Lipinski definition) is 4. The van der Waals surface area contributed by atoms with Crippen LogP contribution in [0.5, 0.6) is 0 Å². The number of amides is 2. The van der Waals surface area contributed by atoms with Gasteiger partial charge in [0, 0.05) is 24.3 Å². The van der Waals surface area contributed by atoms with Crippen molar-refractivity contribution >= 4 is 45.5 Å². The van der Waals surface area contributed by atoms with Crippen molar-refractivity contribution in [3.8, 4) is 0 Å². The zero-order valence-electron chi connectivity index (χ0n) is 7.20. The van der Waals surface area contributed by atoms with E-state index in [9.17, 15) is 19.2 Å². The molecule has 0 fully saturated rings. The van der Waals surface area contributed by atoms with Crippen LogP contribution in [0.3, 0.4) is 0 Å². The molecule has 80 valence electrons. The van der Waals surface area contributed by atoms with Gasteiger partial charge in [0.05, 0.1) is 0 Å². The molecule has 2 amide bonds. The average molecular weight is 250 g/mol. The van der Waals surface area contributed by atoms with Gasteiger partial charge in [-0.1, -0.05) is 0 Å². The minimum atomic E-state index is -0.709. The third kappa shape index (κ3) is 8.86. The molecule has 0 radical (unpaired) electrons. The molecule has 0 unspecified atom stereocenters. The van der Waals surface area contributed by atoms with E-state index in [4.69, 9.17) is 23.2 Å². The Morgan fingerprint density at radius 3 is 1.47 bits per heavy atom. The van der Waals surface area contributed by atoms with Crippen LogP contribution in [-0.4, -0.2) is 22.3 Å². The third-order valence-corrected chi connectivity index (χ3v) is 1.23. The van der Waals surface area contributed by atoms with Gasteiger partial charge in [-0.15, -0.1) is 0 Å². The van der Waals surface area contributed by atoms with E-state index in [2.05, 4.69) is 0 Å². The van der Waals surface area contributed by atoms with Gasteiger partial charge in [-0.25, -0.2) is 0 Å². The smallest absolute Gasteiger partial charge is 0.250 e. The van der Waals surface area contributed by atoms with Crippen LogP contribution in [0.4, 0.5) is 0 Å². The van der Waals surface area contributed by atoms with Crippen molar-refractivity contribution in [1.82, 2.24) is 5.32 Å². The molecule has 1 N–H and O–H groups in total. The molecule has 0 atom stereocenters. The Labute approximate surface area is 94.7 Å². The van der Waals surface area contributed by atoms with Crippen molar-refractivity contribution in [1.29, 1.82) is 0 Å². The highest BCUT2D eigenvalue weighted by atomic mass is 35.5. The maximum Gasteiger partial charge on any atom is 0.250 e. The number of halogens is 2. The number of allylic oxidation sites excluding steroid dienone is 2. The highest BCUT2D eigenvalue weighted by Gasteiger charge is 2.06. The zero-order valence-corrected chi connectivity index (χ0v) is 8.71. The third-order valence-electron chi connectivity index (χ3n) is 0.978. The van der Waals surface area contributed by atoms with Crippen LogP contribution in [0.25, 0.3) is 0 Å². The summed E-state index contributed by atoms with van der Waals surface area (Å²) in [5.74, 6) is -0.657. The van der Waals surface area contributed by atoms with E-state index in [-0.39, 0.29) is 11.8 Å². The molecular weight excluding hydrogens is 245 g/mol. The zero-order chi connectivity index (χ0) is 11.8. The van der Waals surface area contributed by atoms with Gasteiger partial charge < -0.3 is 0 Å². The van der Waals surface area contributed by atoms with Gasteiger partial charge in [-0.05, 0) is 23.2 Å². The molecule has 5 nitrogen and oxygen atoms in total. The molecule has 0 bridgehead atoms. The number of carbonyl (C=O) groups excluding carboxylic acids is 4. The summed E-state index contributed by atoms with van der Waals surface area (Å²) < 4.78 is 0. The van der Waals surface area contributed by atoms with Gasteiger partial charge in [0.15, 0.2) is 0 Å². The number of carbonyl (C=O) groups is 4. The van der Waals surface area contributed by atoms with Crippen LogP contribution in [0.2, 0.25) is 0 Å². The minimum Gasteiger partial charge on any atom is -0.289 e. The monoisotopic (exact) mass is 249 g/mol. The van der Waals surface area contributed by atoms with E-state index in [1.165, 1.54) is 12.2 Å². The highest BCUT2D eigenvalue weighted by Crippen LogP contribution is 1.85. The maximum atomic E-state index is 10.0. The second-order valence-corrected chi connectivity index (χ2v) is 2.87. The summed E-state index contributed by atoms with van der Waals surface area (Å²) in [6, 6.07) is 0. The molecule has 1 heterocycles. The lowest BCUT2D eigenvalue weighted by Crippen LogP contribution is -2.19. The van der Waals surface area contributed by atoms with Crippen LogP contribution in [0.1, 0.15) is 0 Å². The van der Waals surface area contributed by atoms with Crippen molar-refractivity contribution in [2.75, 3.05) is 0 Å². The summed E-state index contributed by atoms with van der Waals surface area (Å²) in [7, 11) is 0. The predicted octanol–water partition coefficient (Wildman–Crippen LogP) is 0.272. The Bertz CT molecular complexity index is 328. The second-order valence-electron chi connectivity index (χ2n) is 2.13. The Morgan fingerprint density at radius 2 is 1.33 bits per heavy atom. The first-order valence-electron chi connectivity index (χ1n) is 3.52. The van der Waals surface area contributed by atoms with E-state index in [1.54, 1.807) is 0 Å². The molecule has 0 aromatic rings. The standard InChI is InChI=1S/C4H2Cl2O2.C4H3NO2/c5-3(7)1-2-4(6)8;6-3-1-2-4(7)5-3/h1-2H;1-2H,(H,5,6,7). The van der Waals surface area contributed by atoms with E-state index in [0.29, 0.717) is 0 Å². The van der Waals surface area contributed by atoms with Crippen LogP contribution < -0.4 is 5.32 Å². The Hall–Kier alpha value is -1.46. The number of rotatable bonds is 2. The van der Waals surface area contributed by atoms with Crippen LogP contribution in [0, 0.1) is 0 Å². The van der Waals surface area contributed by atoms with Gasteiger partial charge in [-0.3, -0.25) is 24.5 Å². The normalized spacial score (nSPS) is 13.5. The van der Waals surface area contributed by atoms with E-state index >= 15 is 0 Å². The van der Waals surface area contributed by atoms with Crippen LogP contribution >= 0.6 is 23.2 Å². The highest BCUT2D eigenvalue weighted by molar-refractivity contribution is 6.69. The minimum absolute atomic E-state index is 0.329. The van der Waals surface area contributed by atoms with Gasteiger partial charge in [-0.2, -0.15) is 0 Å². The second kappa shape index (κ2) is 6.92. The summed E-state index contributed by atoms with van der Waals surface area (Å²) in [4.78, 5) is 39.7. The van der Waals surface area contributed by atoms with Gasteiger partial charge in [0.25, 0.3) is 11.8 Å². The SMILES string of the molecule is O=C(Cl)C=CC(=O)Cl.O=C1C=CC(=O)N1. The fraction of sp³-hybridized carbons (Fsp3) is 0. The fourth-order valence-corrected chi connectivity index (χ4v) is 0.613. The Kier molecular flexibility index (Phi) is 6.24. The Morgan fingerprint density at radius 1 is 1.00 bits per heavy atom. The largest absolute Gasteiger partial charge is 0.289 e. The first kappa shape index (κ1) is 13.5. The molecule has 0 saturated heterocycles. The quantitative estimate of drug-likeness (QED) is 0.433. The molecule has 0 saturated carbocycles. The average Bonchev–Trinajstić information content (AvgIpc) is 2.47. The number of hydrogen-bond donors (Lipinski definition) is 1. The maximum absolute atomic E-state index is 10.0. The van der Waals surface area contributed by atoms with E-state index < -0.39 is 10.5 Å². The molecule has 0 spiro atoms. The van der Waals surface area contributed by atoms with E-state index in [0.717, 1.165) is 12.2 Å². The van der Waals surface area contributed by atoms with Crippen molar-refractivity contribution in [3.63, 3.8) is 0 Å². The summed E-state index contributed by atoms with van der Waals surface area (Å²) in [5, 5.41) is 0.609. The van der Waals surface area contributed by atoms with Gasteiger partial charge >= 0.3 is 0 Å². The molecule has 15 heavy (non-hydrogen) atoms. The van der Waals surface area contributed by atoms with Crippen molar-refractivity contribution in [2.24, 2.45) is 0 Å². The van der Waals surface area contributed by atoms with Crippen molar-refractivity contribution < 1.29 is 19.2 Å². The Balaban J connectivity index is 0.000000262. The van der Waals surface area contributed by atoms with Crippen molar-refractivity contribution in [2.45, 2.75) is 0 Å². The molecule has 1 rings (SSSR count). The summed E-state index contributed by atoms with van der Waals surface area (Å²) in [5.41, 5.74) is 0. The molecular formula is C8H5Cl2NO4. The lowest BCUT2D eigenvalue weighted by Gasteiger charge is -1.80. The number of nitrogens with one attached hydrogen (secondary N) is 1. The molecule has 1 aliphatic rings. The lowest BCUT2D eigenvalue weighted by atomic mass is 10.6. The first-order chi connectivity index (χ1) is 6.91. The lowest BCUT2D eigenvalue weighted by molar-refractivity contribution is -0.123. The molecule has 0 aromatic heterocycles. The summed E-state index contributed by atoms with van der Waals surface area (Å²) in [6.07, 6.45) is 4.17. The van der Waals surface area contributed by atoms with Gasteiger partial charge in [0.2, 0.25) is 10.5 Å². The van der Waals surface area contributed by atoms with E-state index in [1.807, 2.05) is 5.32 Å². The van der Waals surface area contributed by atoms with Crippen molar-refractivity contribution in [3.05, 3.63) is 24.3 Å². The van der Waals surface area contributed by atoms with Crippen LogP contribution in [-0.2, 0) is 19.2 Å². The van der Waals surface area contributed by atoms with Gasteiger partial charge in [0.1, 0.15) is 0 Å². The topological polar surface area (TPSA) is 80.3 Å². The molecule has 0 aromatic carbocycles. The molecule has 7 heteroatoms. The molecule has 1 aliphatic heterocycles. The van der Waals surface area contributed by atoms with Crippen LogP contribution in [0.15, 0.2) is 24.3 Å². The summed E-state index contributed by atoms with van der Waals surface area (Å²) in [6.45, 7) is 0. The fourth-order valence-electron chi connectivity index (χ4n) is 0.487. The predicted molar refractivity (Wildman–Crippen MR) is 53.1 cm³/mol. The number of imide groups is 1. The molecule has 0 aliphatic carbocycles.